The number of halogens is 1. The maximum Gasteiger partial charge on any atom is 0.214 e. The van der Waals surface area contributed by atoms with Crippen molar-refractivity contribution in [1.82, 2.24) is 4.98 Å². The van der Waals surface area contributed by atoms with Crippen LogP contribution in [0.5, 0.6) is 0 Å². The molecule has 0 aliphatic rings. The fraction of sp³-hybridized carbons (Fsp3) is 0.250. The lowest BCUT2D eigenvalue weighted by Gasteiger charge is -1.92. The Labute approximate surface area is 76.6 Å². The highest BCUT2D eigenvalue weighted by molar-refractivity contribution is 9.11. The van der Waals surface area contributed by atoms with E-state index in [1.165, 1.54) is 11.3 Å². The van der Waals surface area contributed by atoms with Gasteiger partial charge in [0.1, 0.15) is 5.75 Å². The van der Waals surface area contributed by atoms with Crippen molar-refractivity contribution in [1.29, 1.82) is 0 Å². The summed E-state index contributed by atoms with van der Waals surface area (Å²) in [5.74, 6) is -0.211. The number of hydrogen-bond donors (Lipinski definition) is 1. The molecule has 1 aromatic rings. The van der Waals surface area contributed by atoms with Gasteiger partial charge in [0.25, 0.3) is 0 Å². The van der Waals surface area contributed by atoms with Crippen molar-refractivity contribution in [3.63, 3.8) is 0 Å². The van der Waals surface area contributed by atoms with Crippen LogP contribution >= 0.6 is 27.3 Å². The summed E-state index contributed by atoms with van der Waals surface area (Å²) in [4.78, 5) is 3.81. The first-order valence-corrected chi connectivity index (χ1v) is 5.96. The zero-order valence-electron chi connectivity index (χ0n) is 5.32. The van der Waals surface area contributed by atoms with E-state index in [0.29, 0.717) is 9.48 Å². The molecule has 0 atom stereocenters. The van der Waals surface area contributed by atoms with Gasteiger partial charge in [0.15, 0.2) is 0 Å². The number of nitrogens with zero attached hydrogens (tertiary/aromatic N) is 1. The molecule has 0 unspecified atom stereocenters. The first-order chi connectivity index (χ1) is 4.99. The Kier molecular flexibility index (Phi) is 2.63. The Hall–Kier alpha value is 0.0200. The van der Waals surface area contributed by atoms with Gasteiger partial charge in [-0.15, -0.1) is 11.3 Å². The van der Waals surface area contributed by atoms with Crippen LogP contribution in [0.4, 0.5) is 0 Å². The molecule has 0 radical (unpaired) electrons. The maximum absolute atomic E-state index is 10.6. The normalized spacial score (nSPS) is 11.8. The minimum atomic E-state index is -3.46. The summed E-state index contributed by atoms with van der Waals surface area (Å²) in [5, 5.41) is 4.81. The van der Waals surface area contributed by atoms with E-state index in [4.69, 9.17) is 5.14 Å². The van der Waals surface area contributed by atoms with Gasteiger partial charge in [0, 0.05) is 0 Å². The molecule has 0 amide bonds. The maximum atomic E-state index is 10.6. The standard InChI is InChI=1S/C4H5BrN2O2S2/c5-4-3(7-2-10-4)1-11(6,8)9/h2H,1H2,(H2,6,8,9). The fourth-order valence-corrected chi connectivity index (χ4v) is 2.44. The molecule has 2 N–H and O–H groups in total. The van der Waals surface area contributed by atoms with Crippen LogP contribution in [0, 0.1) is 0 Å². The Morgan fingerprint density at radius 3 is 2.73 bits per heavy atom. The lowest BCUT2D eigenvalue weighted by atomic mass is 10.6. The van der Waals surface area contributed by atoms with Crippen molar-refractivity contribution >= 4 is 37.3 Å². The average Bonchev–Trinajstić information content (AvgIpc) is 2.12. The summed E-state index contributed by atoms with van der Waals surface area (Å²) >= 11 is 4.49. The fourth-order valence-electron chi connectivity index (χ4n) is 0.540. The molecule has 62 valence electrons. The van der Waals surface area contributed by atoms with Crippen molar-refractivity contribution < 1.29 is 8.42 Å². The van der Waals surface area contributed by atoms with Crippen LogP contribution in [0.25, 0.3) is 0 Å². The largest absolute Gasteiger partial charge is 0.247 e. The van der Waals surface area contributed by atoms with Gasteiger partial charge in [0.2, 0.25) is 10.0 Å². The molecule has 0 aliphatic heterocycles. The molecule has 0 aliphatic carbocycles. The quantitative estimate of drug-likeness (QED) is 0.847. The third-order valence-electron chi connectivity index (χ3n) is 0.930. The molecule has 0 bridgehead atoms. The van der Waals surface area contributed by atoms with Gasteiger partial charge in [-0.3, -0.25) is 0 Å². The summed E-state index contributed by atoms with van der Waals surface area (Å²) in [6, 6.07) is 0. The molecular formula is C4H5BrN2O2S2. The van der Waals surface area contributed by atoms with Gasteiger partial charge in [-0.2, -0.15) is 0 Å². The second-order valence-electron chi connectivity index (χ2n) is 1.88. The van der Waals surface area contributed by atoms with Gasteiger partial charge < -0.3 is 0 Å². The summed E-state index contributed by atoms with van der Waals surface area (Å²) in [5.41, 5.74) is 2.03. The van der Waals surface area contributed by atoms with Crippen LogP contribution in [0.2, 0.25) is 0 Å². The number of sulfonamides is 1. The molecule has 1 heterocycles. The summed E-state index contributed by atoms with van der Waals surface area (Å²) in [6.45, 7) is 0. The SMILES string of the molecule is NS(=O)(=O)Cc1ncsc1Br. The van der Waals surface area contributed by atoms with E-state index >= 15 is 0 Å². The number of nitrogens with two attached hydrogens (primary N) is 1. The zero-order valence-corrected chi connectivity index (χ0v) is 8.54. The van der Waals surface area contributed by atoms with Crippen molar-refractivity contribution in [3.8, 4) is 0 Å². The molecule has 0 saturated carbocycles. The number of hydrogen-bond acceptors (Lipinski definition) is 4. The van der Waals surface area contributed by atoms with Crippen molar-refractivity contribution in [2.75, 3.05) is 0 Å². The first kappa shape index (κ1) is 9.11. The van der Waals surface area contributed by atoms with Crippen LogP contribution in [0.1, 0.15) is 5.69 Å². The third kappa shape index (κ3) is 2.86. The summed E-state index contributed by atoms with van der Waals surface area (Å²) in [7, 11) is -3.46. The van der Waals surface area contributed by atoms with Crippen LogP contribution in [-0.2, 0) is 15.8 Å². The first-order valence-electron chi connectivity index (χ1n) is 2.57. The number of rotatable bonds is 2. The Bertz CT molecular complexity index is 345. The predicted octanol–water partition coefficient (Wildman–Crippen LogP) is 0.694. The van der Waals surface area contributed by atoms with E-state index in [2.05, 4.69) is 20.9 Å². The lowest BCUT2D eigenvalue weighted by Crippen LogP contribution is -2.14. The van der Waals surface area contributed by atoms with Crippen molar-refractivity contribution in [2.45, 2.75) is 5.75 Å². The van der Waals surface area contributed by atoms with Gasteiger partial charge >= 0.3 is 0 Å². The van der Waals surface area contributed by atoms with Gasteiger partial charge in [-0.05, 0) is 15.9 Å². The van der Waals surface area contributed by atoms with Crippen LogP contribution in [-0.4, -0.2) is 13.4 Å². The second kappa shape index (κ2) is 3.18. The molecule has 0 aromatic carbocycles. The highest BCUT2D eigenvalue weighted by Crippen LogP contribution is 2.21. The third-order valence-corrected chi connectivity index (χ3v) is 3.28. The van der Waals surface area contributed by atoms with Crippen LogP contribution < -0.4 is 5.14 Å². The number of aromatic nitrogens is 1. The topological polar surface area (TPSA) is 73.1 Å². The van der Waals surface area contributed by atoms with Crippen LogP contribution in [0.15, 0.2) is 9.30 Å². The molecular weight excluding hydrogens is 252 g/mol. The Balaban J connectivity index is 2.89. The van der Waals surface area contributed by atoms with E-state index < -0.39 is 10.0 Å². The zero-order chi connectivity index (χ0) is 8.48. The van der Waals surface area contributed by atoms with E-state index in [0.717, 1.165) is 0 Å². The van der Waals surface area contributed by atoms with E-state index in [-0.39, 0.29) is 5.75 Å². The Morgan fingerprint density at radius 2 is 2.36 bits per heavy atom. The second-order valence-corrected chi connectivity index (χ2v) is 5.67. The van der Waals surface area contributed by atoms with E-state index in [1.54, 1.807) is 5.51 Å². The molecule has 4 nitrogen and oxygen atoms in total. The molecule has 0 spiro atoms. The smallest absolute Gasteiger partial charge is 0.214 e. The number of thiazole rings is 1. The van der Waals surface area contributed by atoms with Gasteiger partial charge in [-0.1, -0.05) is 0 Å². The minimum Gasteiger partial charge on any atom is -0.247 e. The molecule has 7 heteroatoms. The highest BCUT2D eigenvalue weighted by Gasteiger charge is 2.10. The minimum absolute atomic E-state index is 0.211. The van der Waals surface area contributed by atoms with Crippen LogP contribution in [0.3, 0.4) is 0 Å². The predicted molar refractivity (Wildman–Crippen MR) is 46.6 cm³/mol. The molecule has 1 rings (SSSR count). The van der Waals surface area contributed by atoms with Crippen molar-refractivity contribution in [3.05, 3.63) is 15.0 Å². The molecule has 0 saturated heterocycles. The monoisotopic (exact) mass is 256 g/mol. The van der Waals surface area contributed by atoms with Gasteiger partial charge in [-0.25, -0.2) is 18.5 Å². The van der Waals surface area contributed by atoms with Gasteiger partial charge in [0.05, 0.1) is 15.0 Å². The summed E-state index contributed by atoms with van der Waals surface area (Å²) in [6.07, 6.45) is 0. The average molecular weight is 257 g/mol. The molecule has 1 aromatic heterocycles. The lowest BCUT2D eigenvalue weighted by molar-refractivity contribution is 0.596. The highest BCUT2D eigenvalue weighted by atomic mass is 79.9. The molecule has 11 heavy (non-hydrogen) atoms. The summed E-state index contributed by atoms with van der Waals surface area (Å²) < 4.78 is 21.9. The van der Waals surface area contributed by atoms with Crippen molar-refractivity contribution in [2.24, 2.45) is 5.14 Å². The van der Waals surface area contributed by atoms with E-state index in [9.17, 15) is 8.42 Å². The van der Waals surface area contributed by atoms with E-state index in [1.807, 2.05) is 0 Å². The molecule has 0 fully saturated rings. The Morgan fingerprint density at radius 1 is 1.73 bits per heavy atom. The number of primary sulfonamides is 1.